The highest BCUT2D eigenvalue weighted by molar-refractivity contribution is 6.33. The van der Waals surface area contributed by atoms with Crippen LogP contribution in [0.15, 0.2) is 42.5 Å². The monoisotopic (exact) mass is 243 g/mol. The zero-order chi connectivity index (χ0) is 12.3. The number of nitrogens with zero attached hydrogens (tertiary/aromatic N) is 1. The molecule has 0 radical (unpaired) electrons. The van der Waals surface area contributed by atoms with E-state index in [-0.39, 0.29) is 0 Å². The third-order valence-corrected chi connectivity index (χ3v) is 2.61. The summed E-state index contributed by atoms with van der Waals surface area (Å²) in [5, 5.41) is 12.4. The average molecular weight is 244 g/mol. The average Bonchev–Trinajstić information content (AvgIpc) is 2.35. The molecule has 3 N–H and O–H groups in total. The van der Waals surface area contributed by atoms with Crippen molar-refractivity contribution in [3.05, 3.63) is 53.1 Å². The van der Waals surface area contributed by atoms with Crippen LogP contribution in [0.2, 0.25) is 5.02 Å². The Bertz CT molecular complexity index is 570. The highest BCUT2D eigenvalue weighted by Crippen LogP contribution is 2.27. The van der Waals surface area contributed by atoms with Crippen LogP contribution in [-0.2, 0) is 0 Å². The molecule has 0 saturated heterocycles. The third-order valence-electron chi connectivity index (χ3n) is 2.28. The number of hydrogen-bond donors (Lipinski definition) is 2. The molecule has 0 aliphatic carbocycles. The lowest BCUT2D eigenvalue weighted by Gasteiger charge is -2.09. The van der Waals surface area contributed by atoms with Crippen molar-refractivity contribution in [1.82, 2.24) is 0 Å². The SMILES string of the molecule is N#Cc1ccc(Nc2cc(N)ccc2Cl)cc1. The van der Waals surface area contributed by atoms with Gasteiger partial charge in [0.2, 0.25) is 0 Å². The van der Waals surface area contributed by atoms with Gasteiger partial charge in [-0.15, -0.1) is 0 Å². The van der Waals surface area contributed by atoms with Crippen LogP contribution in [-0.4, -0.2) is 0 Å². The smallest absolute Gasteiger partial charge is 0.0991 e. The number of nitrogen functional groups attached to an aromatic ring is 1. The van der Waals surface area contributed by atoms with Crippen molar-refractivity contribution >= 4 is 28.7 Å². The molecule has 0 unspecified atom stereocenters. The third kappa shape index (κ3) is 2.68. The Kier molecular flexibility index (Phi) is 3.17. The second-order valence-electron chi connectivity index (χ2n) is 3.55. The fourth-order valence-corrected chi connectivity index (χ4v) is 1.59. The lowest BCUT2D eigenvalue weighted by atomic mass is 10.2. The summed E-state index contributed by atoms with van der Waals surface area (Å²) in [6.45, 7) is 0. The quantitative estimate of drug-likeness (QED) is 0.793. The van der Waals surface area contributed by atoms with Crippen molar-refractivity contribution in [3.8, 4) is 6.07 Å². The molecule has 0 bridgehead atoms. The Morgan fingerprint density at radius 3 is 2.47 bits per heavy atom. The van der Waals surface area contributed by atoms with Gasteiger partial charge < -0.3 is 11.1 Å². The van der Waals surface area contributed by atoms with Crippen molar-refractivity contribution < 1.29 is 0 Å². The maximum Gasteiger partial charge on any atom is 0.0991 e. The Labute approximate surface area is 104 Å². The van der Waals surface area contributed by atoms with E-state index in [0.717, 1.165) is 11.4 Å². The molecule has 2 aromatic carbocycles. The molecule has 2 aromatic rings. The summed E-state index contributed by atoms with van der Waals surface area (Å²) < 4.78 is 0. The molecule has 84 valence electrons. The number of benzene rings is 2. The zero-order valence-corrected chi connectivity index (χ0v) is 9.70. The first kappa shape index (κ1) is 11.3. The van der Waals surface area contributed by atoms with Gasteiger partial charge in [-0.25, -0.2) is 0 Å². The number of halogens is 1. The molecule has 0 atom stereocenters. The van der Waals surface area contributed by atoms with E-state index in [0.29, 0.717) is 16.3 Å². The lowest BCUT2D eigenvalue weighted by molar-refractivity contribution is 1.47. The van der Waals surface area contributed by atoms with Gasteiger partial charge in [0.25, 0.3) is 0 Å². The van der Waals surface area contributed by atoms with Crippen LogP contribution in [0, 0.1) is 11.3 Å². The summed E-state index contributed by atoms with van der Waals surface area (Å²) in [6.07, 6.45) is 0. The summed E-state index contributed by atoms with van der Waals surface area (Å²) in [4.78, 5) is 0. The van der Waals surface area contributed by atoms with E-state index < -0.39 is 0 Å². The first-order valence-corrected chi connectivity index (χ1v) is 5.39. The van der Waals surface area contributed by atoms with Crippen molar-refractivity contribution in [2.75, 3.05) is 11.1 Å². The number of nitrogens with one attached hydrogen (secondary N) is 1. The summed E-state index contributed by atoms with van der Waals surface area (Å²) in [7, 11) is 0. The molecule has 0 saturated carbocycles. The molecule has 0 aliphatic heterocycles. The number of nitriles is 1. The molecule has 17 heavy (non-hydrogen) atoms. The van der Waals surface area contributed by atoms with Gasteiger partial charge in [0.15, 0.2) is 0 Å². The van der Waals surface area contributed by atoms with E-state index in [1.54, 1.807) is 30.3 Å². The maximum absolute atomic E-state index is 8.69. The van der Waals surface area contributed by atoms with Crippen LogP contribution in [0.5, 0.6) is 0 Å². The Morgan fingerprint density at radius 2 is 1.82 bits per heavy atom. The maximum atomic E-state index is 8.69. The summed E-state index contributed by atoms with van der Waals surface area (Å²) in [6, 6.07) is 14.4. The van der Waals surface area contributed by atoms with Crippen LogP contribution in [0.4, 0.5) is 17.1 Å². The molecule has 0 aromatic heterocycles. The van der Waals surface area contributed by atoms with E-state index >= 15 is 0 Å². The Morgan fingerprint density at radius 1 is 1.12 bits per heavy atom. The Hall–Kier alpha value is -2.18. The van der Waals surface area contributed by atoms with Gasteiger partial charge in [0.05, 0.1) is 22.3 Å². The van der Waals surface area contributed by atoms with Crippen molar-refractivity contribution in [1.29, 1.82) is 5.26 Å². The van der Waals surface area contributed by atoms with E-state index in [4.69, 9.17) is 22.6 Å². The van der Waals surface area contributed by atoms with Gasteiger partial charge in [-0.2, -0.15) is 5.26 Å². The Balaban J connectivity index is 2.25. The molecule has 4 heteroatoms. The predicted molar refractivity (Wildman–Crippen MR) is 70.3 cm³/mol. The van der Waals surface area contributed by atoms with Gasteiger partial charge in [0.1, 0.15) is 0 Å². The minimum atomic E-state index is 0.601. The molecule has 0 spiro atoms. The molecule has 0 heterocycles. The van der Waals surface area contributed by atoms with E-state index in [2.05, 4.69) is 11.4 Å². The first-order valence-electron chi connectivity index (χ1n) is 5.01. The molecule has 3 nitrogen and oxygen atoms in total. The summed E-state index contributed by atoms with van der Waals surface area (Å²) in [5.74, 6) is 0. The lowest BCUT2D eigenvalue weighted by Crippen LogP contribution is -1.93. The van der Waals surface area contributed by atoms with Crippen LogP contribution < -0.4 is 11.1 Å². The normalized spacial score (nSPS) is 9.65. The molecule has 0 fully saturated rings. The largest absolute Gasteiger partial charge is 0.399 e. The van der Waals surface area contributed by atoms with E-state index in [1.165, 1.54) is 0 Å². The van der Waals surface area contributed by atoms with Crippen molar-refractivity contribution in [2.24, 2.45) is 0 Å². The topological polar surface area (TPSA) is 61.8 Å². The van der Waals surface area contributed by atoms with Gasteiger partial charge in [0, 0.05) is 11.4 Å². The van der Waals surface area contributed by atoms with Crippen LogP contribution in [0.3, 0.4) is 0 Å². The number of rotatable bonds is 2. The van der Waals surface area contributed by atoms with Gasteiger partial charge >= 0.3 is 0 Å². The summed E-state index contributed by atoms with van der Waals surface area (Å²) >= 11 is 6.03. The van der Waals surface area contributed by atoms with Crippen LogP contribution in [0.25, 0.3) is 0 Å². The molecule has 2 rings (SSSR count). The minimum absolute atomic E-state index is 0.601. The first-order chi connectivity index (χ1) is 8.19. The molecule has 0 aliphatic rings. The second kappa shape index (κ2) is 4.77. The molecular formula is C13H10ClN3. The molecular weight excluding hydrogens is 234 g/mol. The number of nitrogens with two attached hydrogens (primary N) is 1. The second-order valence-corrected chi connectivity index (χ2v) is 3.96. The highest BCUT2D eigenvalue weighted by Gasteiger charge is 2.01. The van der Waals surface area contributed by atoms with Crippen molar-refractivity contribution in [2.45, 2.75) is 0 Å². The predicted octanol–water partition coefficient (Wildman–Crippen LogP) is 3.54. The van der Waals surface area contributed by atoms with Gasteiger partial charge in [-0.05, 0) is 42.5 Å². The fourth-order valence-electron chi connectivity index (χ4n) is 1.42. The number of anilines is 3. The van der Waals surface area contributed by atoms with Crippen LogP contribution in [0.1, 0.15) is 5.56 Å². The van der Waals surface area contributed by atoms with Gasteiger partial charge in [-0.3, -0.25) is 0 Å². The van der Waals surface area contributed by atoms with Crippen LogP contribution >= 0.6 is 11.6 Å². The minimum Gasteiger partial charge on any atom is -0.399 e. The summed E-state index contributed by atoms with van der Waals surface area (Å²) in [5.41, 5.74) is 8.55. The number of hydrogen-bond acceptors (Lipinski definition) is 3. The zero-order valence-electron chi connectivity index (χ0n) is 8.94. The van der Waals surface area contributed by atoms with E-state index in [1.807, 2.05) is 12.1 Å². The highest BCUT2D eigenvalue weighted by atomic mass is 35.5. The van der Waals surface area contributed by atoms with Crippen molar-refractivity contribution in [3.63, 3.8) is 0 Å². The van der Waals surface area contributed by atoms with E-state index in [9.17, 15) is 0 Å². The standard InChI is InChI=1S/C13H10ClN3/c14-12-6-3-10(16)7-13(12)17-11-4-1-9(8-15)2-5-11/h1-7,17H,16H2. The molecule has 0 amide bonds. The fraction of sp³-hybridized carbons (Fsp3) is 0. The van der Waals surface area contributed by atoms with Gasteiger partial charge in [-0.1, -0.05) is 11.6 Å².